The molecule has 0 saturated heterocycles. The Hall–Kier alpha value is -2.74. The maximum absolute atomic E-state index is 13.0. The lowest BCUT2D eigenvalue weighted by Crippen LogP contribution is -2.22. The summed E-state index contributed by atoms with van der Waals surface area (Å²) in [4.78, 5) is 12.1. The fourth-order valence-corrected chi connectivity index (χ4v) is 2.52. The maximum Gasteiger partial charge on any atom is 0.418 e. The number of methoxy groups -OCH3 is 1. The largest absolute Gasteiger partial charge is 0.493 e. The van der Waals surface area contributed by atoms with Gasteiger partial charge in [-0.2, -0.15) is 13.2 Å². The summed E-state index contributed by atoms with van der Waals surface area (Å²) in [6.45, 7) is 3.18. The zero-order chi connectivity index (χ0) is 20.6. The van der Waals surface area contributed by atoms with Gasteiger partial charge in [0.25, 0.3) is 5.91 Å². The van der Waals surface area contributed by atoms with Gasteiger partial charge in [-0.25, -0.2) is 0 Å². The van der Waals surface area contributed by atoms with Crippen LogP contribution in [0, 0.1) is 0 Å². The molecule has 0 aliphatic heterocycles. The molecule has 5 nitrogen and oxygen atoms in total. The van der Waals surface area contributed by atoms with Gasteiger partial charge in [-0.1, -0.05) is 25.1 Å². The van der Waals surface area contributed by atoms with Crippen molar-refractivity contribution in [1.29, 1.82) is 0 Å². The molecule has 152 valence electrons. The highest BCUT2D eigenvalue weighted by molar-refractivity contribution is 5.92. The average Bonchev–Trinajstić information content (AvgIpc) is 2.66. The van der Waals surface area contributed by atoms with Crippen molar-refractivity contribution in [3.8, 4) is 11.5 Å². The van der Waals surface area contributed by atoms with Crippen LogP contribution in [0.2, 0.25) is 0 Å². The van der Waals surface area contributed by atoms with E-state index in [2.05, 4.69) is 17.6 Å². The van der Waals surface area contributed by atoms with Crippen LogP contribution in [-0.4, -0.2) is 26.2 Å². The molecule has 1 amide bonds. The van der Waals surface area contributed by atoms with Gasteiger partial charge in [0.15, 0.2) is 18.1 Å². The van der Waals surface area contributed by atoms with Gasteiger partial charge in [0.1, 0.15) is 0 Å². The van der Waals surface area contributed by atoms with E-state index < -0.39 is 24.3 Å². The van der Waals surface area contributed by atoms with Crippen molar-refractivity contribution in [1.82, 2.24) is 5.32 Å². The van der Waals surface area contributed by atoms with Gasteiger partial charge in [-0.15, -0.1) is 0 Å². The van der Waals surface area contributed by atoms with Crippen LogP contribution in [0.4, 0.5) is 18.9 Å². The molecule has 28 heavy (non-hydrogen) atoms. The minimum Gasteiger partial charge on any atom is -0.493 e. The van der Waals surface area contributed by atoms with Crippen LogP contribution >= 0.6 is 0 Å². The Morgan fingerprint density at radius 1 is 1.11 bits per heavy atom. The lowest BCUT2D eigenvalue weighted by atomic mass is 10.1. The summed E-state index contributed by atoms with van der Waals surface area (Å²) in [6.07, 6.45) is -3.54. The molecule has 0 bridgehead atoms. The Labute approximate surface area is 161 Å². The standard InChI is InChI=1S/C20H23F3N2O3/c1-3-10-24-12-14-8-9-17(18(11-14)27-2)28-13-19(26)25-16-7-5-4-6-15(16)20(21,22)23/h4-9,11,24H,3,10,12-13H2,1-2H3,(H,25,26). The second kappa shape index (κ2) is 9.98. The lowest BCUT2D eigenvalue weighted by molar-refractivity contribution is -0.137. The van der Waals surface area contributed by atoms with Gasteiger partial charge >= 0.3 is 6.18 Å². The van der Waals surface area contributed by atoms with Crippen LogP contribution in [-0.2, 0) is 17.5 Å². The number of hydrogen-bond acceptors (Lipinski definition) is 4. The summed E-state index contributed by atoms with van der Waals surface area (Å²) in [5.74, 6) is 0.0766. The first-order chi connectivity index (χ1) is 13.3. The van der Waals surface area contributed by atoms with Crippen LogP contribution in [0.15, 0.2) is 42.5 Å². The van der Waals surface area contributed by atoms with E-state index in [9.17, 15) is 18.0 Å². The number of ether oxygens (including phenoxy) is 2. The number of hydrogen-bond donors (Lipinski definition) is 2. The second-order valence-corrected chi connectivity index (χ2v) is 6.04. The molecule has 0 unspecified atom stereocenters. The van der Waals surface area contributed by atoms with E-state index in [0.29, 0.717) is 18.0 Å². The minimum atomic E-state index is -4.56. The summed E-state index contributed by atoms with van der Waals surface area (Å²) in [7, 11) is 1.48. The van der Waals surface area contributed by atoms with E-state index in [-0.39, 0.29) is 5.69 Å². The van der Waals surface area contributed by atoms with E-state index in [1.165, 1.54) is 25.3 Å². The molecule has 2 aromatic rings. The fraction of sp³-hybridized carbons (Fsp3) is 0.350. The summed E-state index contributed by atoms with van der Waals surface area (Å²) in [6, 6.07) is 10.1. The number of rotatable bonds is 9. The third-order valence-corrected chi connectivity index (χ3v) is 3.85. The van der Waals surface area contributed by atoms with Crippen LogP contribution < -0.4 is 20.1 Å². The number of para-hydroxylation sites is 1. The number of alkyl halides is 3. The van der Waals surface area contributed by atoms with Crippen molar-refractivity contribution in [2.45, 2.75) is 26.1 Å². The molecule has 2 aromatic carbocycles. The van der Waals surface area contributed by atoms with E-state index in [0.717, 1.165) is 24.6 Å². The topological polar surface area (TPSA) is 59.6 Å². The van der Waals surface area contributed by atoms with Crippen LogP contribution in [0.1, 0.15) is 24.5 Å². The van der Waals surface area contributed by atoms with Gasteiger partial charge in [0.05, 0.1) is 18.4 Å². The van der Waals surface area contributed by atoms with Crippen molar-refractivity contribution in [2.24, 2.45) is 0 Å². The smallest absolute Gasteiger partial charge is 0.418 e. The highest BCUT2D eigenvalue weighted by atomic mass is 19.4. The summed E-state index contributed by atoms with van der Waals surface area (Å²) in [5, 5.41) is 5.50. The monoisotopic (exact) mass is 396 g/mol. The summed E-state index contributed by atoms with van der Waals surface area (Å²) >= 11 is 0. The Kier molecular flexibility index (Phi) is 7.69. The number of halogens is 3. The van der Waals surface area contributed by atoms with E-state index in [4.69, 9.17) is 9.47 Å². The molecule has 2 rings (SSSR count). The number of benzene rings is 2. The van der Waals surface area contributed by atoms with Crippen molar-refractivity contribution in [3.05, 3.63) is 53.6 Å². The SMILES string of the molecule is CCCNCc1ccc(OCC(=O)Nc2ccccc2C(F)(F)F)c(OC)c1. The molecule has 8 heteroatoms. The van der Waals surface area contributed by atoms with Crippen LogP contribution in [0.5, 0.6) is 11.5 Å². The molecule has 0 aromatic heterocycles. The average molecular weight is 396 g/mol. The Morgan fingerprint density at radius 3 is 2.54 bits per heavy atom. The predicted molar refractivity (Wildman–Crippen MR) is 101 cm³/mol. The molecule has 0 fully saturated rings. The molecule has 0 aliphatic carbocycles. The fourth-order valence-electron chi connectivity index (χ4n) is 2.52. The molecule has 0 radical (unpaired) electrons. The number of anilines is 1. The van der Waals surface area contributed by atoms with Crippen molar-refractivity contribution in [3.63, 3.8) is 0 Å². The number of carbonyl (C=O) groups is 1. The first-order valence-electron chi connectivity index (χ1n) is 8.81. The lowest BCUT2D eigenvalue weighted by Gasteiger charge is -2.15. The van der Waals surface area contributed by atoms with Gasteiger partial charge in [-0.05, 0) is 42.8 Å². The molecule has 0 aliphatic rings. The molecular formula is C20H23F3N2O3. The zero-order valence-electron chi connectivity index (χ0n) is 15.7. The Morgan fingerprint density at radius 2 is 1.86 bits per heavy atom. The zero-order valence-corrected chi connectivity index (χ0v) is 15.7. The number of nitrogens with one attached hydrogen (secondary N) is 2. The second-order valence-electron chi connectivity index (χ2n) is 6.04. The molecule has 0 atom stereocenters. The molecule has 0 heterocycles. The normalized spacial score (nSPS) is 11.2. The summed E-state index contributed by atoms with van der Waals surface area (Å²) in [5.41, 5.74) is -0.237. The predicted octanol–water partition coefficient (Wildman–Crippen LogP) is 4.23. The Balaban J connectivity index is 1.99. The van der Waals surface area contributed by atoms with E-state index >= 15 is 0 Å². The van der Waals surface area contributed by atoms with E-state index in [1.54, 1.807) is 12.1 Å². The van der Waals surface area contributed by atoms with E-state index in [1.807, 2.05) is 6.07 Å². The first-order valence-corrected chi connectivity index (χ1v) is 8.81. The number of amides is 1. The van der Waals surface area contributed by atoms with Gasteiger partial charge in [0, 0.05) is 6.54 Å². The molecule has 0 saturated carbocycles. The molecule has 0 spiro atoms. The first kappa shape index (κ1) is 21.6. The Bertz CT molecular complexity index is 795. The van der Waals surface area contributed by atoms with Gasteiger partial charge < -0.3 is 20.1 Å². The minimum absolute atomic E-state index is 0.312. The molecular weight excluding hydrogens is 373 g/mol. The van der Waals surface area contributed by atoms with Crippen LogP contribution in [0.3, 0.4) is 0 Å². The number of carbonyl (C=O) groups excluding carboxylic acids is 1. The third kappa shape index (κ3) is 6.16. The van der Waals surface area contributed by atoms with Gasteiger partial charge in [-0.3, -0.25) is 4.79 Å². The highest BCUT2D eigenvalue weighted by Gasteiger charge is 2.33. The third-order valence-electron chi connectivity index (χ3n) is 3.85. The highest BCUT2D eigenvalue weighted by Crippen LogP contribution is 2.34. The maximum atomic E-state index is 13.0. The van der Waals surface area contributed by atoms with Crippen LogP contribution in [0.25, 0.3) is 0 Å². The molecule has 2 N–H and O–H groups in total. The summed E-state index contributed by atoms with van der Waals surface area (Å²) < 4.78 is 49.7. The van der Waals surface area contributed by atoms with Gasteiger partial charge in [0.2, 0.25) is 0 Å². The van der Waals surface area contributed by atoms with Crippen molar-refractivity contribution in [2.75, 3.05) is 25.6 Å². The van der Waals surface area contributed by atoms with Crippen molar-refractivity contribution >= 4 is 11.6 Å². The quantitative estimate of drug-likeness (QED) is 0.623. The van der Waals surface area contributed by atoms with Crippen molar-refractivity contribution < 1.29 is 27.4 Å².